The van der Waals surface area contributed by atoms with Crippen LogP contribution in [0.2, 0.25) is 0 Å². The average molecular weight is 297 g/mol. The van der Waals surface area contributed by atoms with E-state index in [-0.39, 0.29) is 10.8 Å². The topological polar surface area (TPSA) is 66.4 Å². The molecular formula is C13H15NO3S2. The lowest BCUT2D eigenvalue weighted by Crippen LogP contribution is -2.45. The molecule has 2 aromatic rings. The van der Waals surface area contributed by atoms with Gasteiger partial charge in [-0.05, 0) is 23.9 Å². The van der Waals surface area contributed by atoms with E-state index >= 15 is 0 Å². The molecule has 1 aromatic heterocycles. The largest absolute Gasteiger partial charge is 0.394 e. The molecule has 0 aliphatic heterocycles. The van der Waals surface area contributed by atoms with Crippen molar-refractivity contribution in [2.24, 2.45) is 0 Å². The summed E-state index contributed by atoms with van der Waals surface area (Å²) in [7, 11) is -3.63. The predicted octanol–water partition coefficient (Wildman–Crippen LogP) is 1.93. The zero-order chi connectivity index (χ0) is 13.9. The van der Waals surface area contributed by atoms with E-state index in [0.29, 0.717) is 0 Å². The summed E-state index contributed by atoms with van der Waals surface area (Å²) in [6.07, 6.45) is 0. The quantitative estimate of drug-likeness (QED) is 0.886. The number of nitrogens with one attached hydrogen (secondary N) is 1. The van der Waals surface area contributed by atoms with Gasteiger partial charge >= 0.3 is 0 Å². The Labute approximate surface area is 116 Å². The number of thiophene rings is 1. The highest BCUT2D eigenvalue weighted by Gasteiger charge is 2.32. The number of hydrogen-bond donors (Lipinski definition) is 2. The van der Waals surface area contributed by atoms with Crippen molar-refractivity contribution in [2.45, 2.75) is 16.7 Å². The Morgan fingerprint density at radius 1 is 1.21 bits per heavy atom. The maximum absolute atomic E-state index is 12.2. The molecule has 0 saturated heterocycles. The molecule has 0 spiro atoms. The van der Waals surface area contributed by atoms with Gasteiger partial charge in [-0.1, -0.05) is 36.4 Å². The first-order valence-corrected chi connectivity index (χ1v) is 8.08. The summed E-state index contributed by atoms with van der Waals surface area (Å²) in [5.41, 5.74) is -0.318. The van der Waals surface area contributed by atoms with E-state index in [0.717, 1.165) is 16.9 Å². The van der Waals surface area contributed by atoms with Crippen molar-refractivity contribution in [3.63, 3.8) is 0 Å². The summed E-state index contributed by atoms with van der Waals surface area (Å²) >= 11 is 1.14. The Kier molecular flexibility index (Phi) is 4.05. The number of aliphatic hydroxyl groups excluding tert-OH is 1. The van der Waals surface area contributed by atoms with Gasteiger partial charge in [-0.15, -0.1) is 11.3 Å². The number of benzene rings is 1. The summed E-state index contributed by atoms with van der Waals surface area (Å²) in [6, 6.07) is 12.2. The van der Waals surface area contributed by atoms with Crippen LogP contribution in [0.25, 0.3) is 0 Å². The van der Waals surface area contributed by atoms with Crippen molar-refractivity contribution in [1.82, 2.24) is 4.72 Å². The molecule has 1 atom stereocenters. The second-order valence-corrected chi connectivity index (χ2v) is 7.25. The van der Waals surface area contributed by atoms with Gasteiger partial charge in [0.1, 0.15) is 4.21 Å². The molecule has 0 aliphatic rings. The van der Waals surface area contributed by atoms with Crippen molar-refractivity contribution in [2.75, 3.05) is 6.61 Å². The first kappa shape index (κ1) is 14.2. The molecule has 1 heterocycles. The van der Waals surface area contributed by atoms with Crippen molar-refractivity contribution < 1.29 is 13.5 Å². The van der Waals surface area contributed by atoms with Gasteiger partial charge in [-0.3, -0.25) is 0 Å². The van der Waals surface area contributed by atoms with Crippen LogP contribution in [-0.4, -0.2) is 20.1 Å². The highest BCUT2D eigenvalue weighted by molar-refractivity contribution is 7.91. The summed E-state index contributed by atoms with van der Waals surface area (Å²) in [5, 5.41) is 11.3. The van der Waals surface area contributed by atoms with Crippen LogP contribution in [0.5, 0.6) is 0 Å². The van der Waals surface area contributed by atoms with Gasteiger partial charge in [0.25, 0.3) is 10.0 Å². The van der Waals surface area contributed by atoms with E-state index in [1.54, 1.807) is 30.5 Å². The van der Waals surface area contributed by atoms with E-state index in [4.69, 9.17) is 0 Å². The highest BCUT2D eigenvalue weighted by Crippen LogP contribution is 2.24. The van der Waals surface area contributed by atoms with Crippen LogP contribution in [-0.2, 0) is 15.6 Å². The first-order valence-electron chi connectivity index (χ1n) is 5.72. The zero-order valence-electron chi connectivity index (χ0n) is 10.4. The lowest BCUT2D eigenvalue weighted by molar-refractivity contribution is 0.196. The molecule has 102 valence electrons. The minimum absolute atomic E-state index is 0.239. The average Bonchev–Trinajstić information content (AvgIpc) is 2.94. The molecule has 2 N–H and O–H groups in total. The molecule has 0 amide bonds. The molecule has 2 rings (SSSR count). The van der Waals surface area contributed by atoms with E-state index in [9.17, 15) is 13.5 Å². The molecule has 0 bridgehead atoms. The summed E-state index contributed by atoms with van der Waals surface area (Å²) < 4.78 is 27.3. The molecule has 1 unspecified atom stereocenters. The normalized spacial score (nSPS) is 15.1. The van der Waals surface area contributed by atoms with Gasteiger partial charge in [-0.25, -0.2) is 8.42 Å². The van der Waals surface area contributed by atoms with Crippen LogP contribution in [0.1, 0.15) is 12.5 Å². The van der Waals surface area contributed by atoms with E-state index in [1.807, 2.05) is 18.2 Å². The summed E-state index contributed by atoms with van der Waals surface area (Å²) in [4.78, 5) is 0. The minimum atomic E-state index is -3.63. The minimum Gasteiger partial charge on any atom is -0.394 e. The maximum atomic E-state index is 12.2. The van der Waals surface area contributed by atoms with Crippen LogP contribution in [0.4, 0.5) is 0 Å². The first-order chi connectivity index (χ1) is 8.98. The molecule has 0 saturated carbocycles. The fraction of sp³-hybridized carbons (Fsp3) is 0.231. The molecule has 1 aromatic carbocycles. The molecule has 4 nitrogen and oxygen atoms in total. The smallest absolute Gasteiger partial charge is 0.250 e. The van der Waals surface area contributed by atoms with Gasteiger partial charge in [0.15, 0.2) is 0 Å². The Hall–Kier alpha value is -1.21. The lowest BCUT2D eigenvalue weighted by atomic mass is 9.94. The third-order valence-corrected chi connectivity index (χ3v) is 5.84. The molecular weight excluding hydrogens is 282 g/mol. The standard InChI is InChI=1S/C13H15NO3S2/c1-13(10-15,11-6-3-2-4-7-11)14-19(16,17)12-8-5-9-18-12/h2-9,14-15H,10H2,1H3. The van der Waals surface area contributed by atoms with Gasteiger partial charge < -0.3 is 5.11 Å². The predicted molar refractivity (Wildman–Crippen MR) is 75.5 cm³/mol. The van der Waals surface area contributed by atoms with Gasteiger partial charge in [0.2, 0.25) is 0 Å². The number of rotatable bonds is 5. The molecule has 0 aliphatic carbocycles. The van der Waals surface area contributed by atoms with Crippen LogP contribution in [0.3, 0.4) is 0 Å². The summed E-state index contributed by atoms with van der Waals surface area (Å²) in [5.74, 6) is 0. The third-order valence-electron chi connectivity index (χ3n) is 2.85. The van der Waals surface area contributed by atoms with Crippen LogP contribution >= 0.6 is 11.3 Å². The Balaban J connectivity index is 2.35. The van der Waals surface area contributed by atoms with E-state index in [1.165, 1.54) is 6.07 Å². The van der Waals surface area contributed by atoms with Crippen molar-refractivity contribution in [1.29, 1.82) is 0 Å². The van der Waals surface area contributed by atoms with E-state index in [2.05, 4.69) is 4.72 Å². The van der Waals surface area contributed by atoms with Crippen molar-refractivity contribution >= 4 is 21.4 Å². The van der Waals surface area contributed by atoms with E-state index < -0.39 is 15.6 Å². The SMILES string of the molecule is CC(CO)(NS(=O)(=O)c1cccs1)c1ccccc1. The third kappa shape index (κ3) is 3.03. The number of hydrogen-bond acceptors (Lipinski definition) is 4. The molecule has 6 heteroatoms. The fourth-order valence-corrected chi connectivity index (χ4v) is 4.13. The maximum Gasteiger partial charge on any atom is 0.250 e. The van der Waals surface area contributed by atoms with Crippen LogP contribution in [0.15, 0.2) is 52.1 Å². The highest BCUT2D eigenvalue weighted by atomic mass is 32.2. The van der Waals surface area contributed by atoms with Crippen molar-refractivity contribution in [3.8, 4) is 0 Å². The summed E-state index contributed by atoms with van der Waals surface area (Å²) in [6.45, 7) is 1.34. The number of aliphatic hydroxyl groups is 1. The Morgan fingerprint density at radius 2 is 1.89 bits per heavy atom. The lowest BCUT2D eigenvalue weighted by Gasteiger charge is -2.28. The monoisotopic (exact) mass is 297 g/mol. The molecule has 19 heavy (non-hydrogen) atoms. The van der Waals surface area contributed by atoms with Crippen LogP contribution in [0, 0.1) is 0 Å². The second-order valence-electron chi connectivity index (χ2n) is 4.39. The molecule has 0 radical (unpaired) electrons. The Bertz CT molecular complexity index is 623. The number of sulfonamides is 1. The second kappa shape index (κ2) is 5.42. The fourth-order valence-electron chi connectivity index (χ4n) is 1.75. The molecule has 0 fully saturated rings. The van der Waals surface area contributed by atoms with Gasteiger partial charge in [-0.2, -0.15) is 4.72 Å². The Morgan fingerprint density at radius 3 is 2.42 bits per heavy atom. The van der Waals surface area contributed by atoms with Gasteiger partial charge in [0, 0.05) is 0 Å². The van der Waals surface area contributed by atoms with Crippen LogP contribution < -0.4 is 4.72 Å². The van der Waals surface area contributed by atoms with Gasteiger partial charge in [0.05, 0.1) is 12.1 Å². The zero-order valence-corrected chi connectivity index (χ0v) is 12.0. The van der Waals surface area contributed by atoms with Crippen molar-refractivity contribution in [3.05, 3.63) is 53.4 Å².